The molecule has 0 bridgehead atoms. The monoisotopic (exact) mass is 295 g/mol. The lowest BCUT2D eigenvalue weighted by molar-refractivity contribution is -0.141. The molecule has 0 unspecified atom stereocenters. The third-order valence-corrected chi connectivity index (χ3v) is 4.05. The Morgan fingerprint density at radius 3 is 2.47 bits per heavy atom. The second kappa shape index (κ2) is 5.54. The van der Waals surface area contributed by atoms with Gasteiger partial charge >= 0.3 is 5.97 Å². The first kappa shape index (κ1) is 13.8. The lowest BCUT2D eigenvalue weighted by atomic mass is 10.1. The van der Waals surface area contributed by atoms with Crippen molar-refractivity contribution in [2.75, 3.05) is 7.11 Å². The lowest BCUT2D eigenvalue weighted by Crippen LogP contribution is -2.17. The Balaban J connectivity index is 2.45. The summed E-state index contributed by atoms with van der Waals surface area (Å²) in [5, 5.41) is 0. The molecule has 19 heavy (non-hydrogen) atoms. The smallest absolute Gasteiger partial charge is 0.329 e. The van der Waals surface area contributed by atoms with Gasteiger partial charge in [-0.15, -0.1) is 11.3 Å². The Labute approximate surface area is 120 Å². The first-order valence-electron chi connectivity index (χ1n) is 5.58. The largest absolute Gasteiger partial charge is 0.497 e. The highest BCUT2D eigenvalue weighted by Gasteiger charge is 2.13. The number of rotatable bonds is 3. The van der Waals surface area contributed by atoms with E-state index in [4.69, 9.17) is 21.8 Å². The second-order valence-electron chi connectivity index (χ2n) is 3.89. The van der Waals surface area contributed by atoms with Crippen molar-refractivity contribution in [1.29, 1.82) is 0 Å². The molecule has 6 heteroatoms. The van der Waals surface area contributed by atoms with Gasteiger partial charge in [0.25, 0.3) is 0 Å². The van der Waals surface area contributed by atoms with Crippen LogP contribution < -0.4 is 9.57 Å². The summed E-state index contributed by atoms with van der Waals surface area (Å²) in [6, 6.07) is 7.66. The number of aromatic nitrogens is 1. The van der Waals surface area contributed by atoms with Gasteiger partial charge in [-0.25, -0.2) is 4.79 Å². The fourth-order valence-electron chi connectivity index (χ4n) is 1.68. The molecule has 1 aromatic carbocycles. The Kier molecular flexibility index (Phi) is 4.01. The van der Waals surface area contributed by atoms with Gasteiger partial charge in [0.2, 0.25) is 0 Å². The topological polar surface area (TPSA) is 40.5 Å². The summed E-state index contributed by atoms with van der Waals surface area (Å²) in [5.74, 6) is 0.405. The molecule has 0 radical (unpaired) electrons. The van der Waals surface area contributed by atoms with E-state index in [1.165, 1.54) is 23.0 Å². The minimum absolute atomic E-state index is 0.390. The molecule has 0 saturated carbocycles. The van der Waals surface area contributed by atoms with Crippen molar-refractivity contribution in [3.63, 3.8) is 0 Å². The second-order valence-corrected chi connectivity index (χ2v) is 5.53. The number of benzene rings is 1. The summed E-state index contributed by atoms with van der Waals surface area (Å²) >= 11 is 6.62. The quantitative estimate of drug-likeness (QED) is 0.815. The summed E-state index contributed by atoms with van der Waals surface area (Å²) < 4.78 is 7.03. The van der Waals surface area contributed by atoms with Crippen LogP contribution in [0.25, 0.3) is 10.4 Å². The van der Waals surface area contributed by atoms with E-state index in [9.17, 15) is 4.79 Å². The van der Waals surface area contributed by atoms with Gasteiger partial charge in [-0.3, -0.25) is 0 Å². The molecule has 2 rings (SSSR count). The van der Waals surface area contributed by atoms with E-state index in [0.717, 1.165) is 21.9 Å². The summed E-state index contributed by atoms with van der Waals surface area (Å²) in [7, 11) is 1.63. The Bertz CT molecular complexity index is 656. The Morgan fingerprint density at radius 1 is 1.32 bits per heavy atom. The van der Waals surface area contributed by atoms with Crippen molar-refractivity contribution in [3.05, 3.63) is 33.9 Å². The van der Waals surface area contributed by atoms with Crippen LogP contribution in [-0.4, -0.2) is 17.8 Å². The highest BCUT2D eigenvalue weighted by atomic mass is 32.1. The van der Waals surface area contributed by atoms with Gasteiger partial charge in [-0.1, -0.05) is 0 Å². The van der Waals surface area contributed by atoms with E-state index in [-0.39, 0.29) is 0 Å². The molecular weight excluding hydrogens is 282 g/mol. The molecular formula is C13H13NO3S2. The number of thiazole rings is 1. The van der Waals surface area contributed by atoms with Crippen LogP contribution in [0.5, 0.6) is 5.75 Å². The van der Waals surface area contributed by atoms with E-state index >= 15 is 0 Å². The number of hydrogen-bond donors (Lipinski definition) is 0. The molecule has 100 valence electrons. The minimum Gasteiger partial charge on any atom is -0.497 e. The number of methoxy groups -OCH3 is 1. The van der Waals surface area contributed by atoms with E-state index in [2.05, 4.69) is 0 Å². The third-order valence-electron chi connectivity index (χ3n) is 2.56. The van der Waals surface area contributed by atoms with E-state index in [0.29, 0.717) is 3.95 Å². The summed E-state index contributed by atoms with van der Waals surface area (Å²) in [6.45, 7) is 3.22. The first-order valence-corrected chi connectivity index (χ1v) is 6.81. The molecule has 1 heterocycles. The zero-order valence-electron chi connectivity index (χ0n) is 10.8. The number of hydrogen-bond acceptors (Lipinski definition) is 5. The molecule has 0 spiro atoms. The van der Waals surface area contributed by atoms with Gasteiger partial charge in [0.05, 0.1) is 17.7 Å². The van der Waals surface area contributed by atoms with Crippen LogP contribution in [0.1, 0.15) is 12.6 Å². The van der Waals surface area contributed by atoms with Crippen LogP contribution in [0.3, 0.4) is 0 Å². The maximum Gasteiger partial charge on any atom is 0.329 e. The van der Waals surface area contributed by atoms with Crippen LogP contribution in [0.2, 0.25) is 0 Å². The summed E-state index contributed by atoms with van der Waals surface area (Å²) in [5.41, 5.74) is 1.83. The Morgan fingerprint density at radius 2 is 1.95 bits per heavy atom. The number of carbonyl (C=O) groups excluding carboxylic acids is 1. The van der Waals surface area contributed by atoms with E-state index in [1.807, 2.05) is 31.2 Å². The van der Waals surface area contributed by atoms with Crippen molar-refractivity contribution in [1.82, 2.24) is 4.73 Å². The average molecular weight is 295 g/mol. The predicted molar refractivity (Wildman–Crippen MR) is 77.1 cm³/mol. The van der Waals surface area contributed by atoms with Gasteiger partial charge < -0.3 is 9.57 Å². The van der Waals surface area contributed by atoms with E-state index in [1.54, 1.807) is 7.11 Å². The molecule has 0 fully saturated rings. The van der Waals surface area contributed by atoms with Crippen molar-refractivity contribution in [2.24, 2.45) is 0 Å². The van der Waals surface area contributed by atoms with Crippen LogP contribution in [0.15, 0.2) is 24.3 Å². The molecule has 0 atom stereocenters. The fraction of sp³-hybridized carbons (Fsp3) is 0.231. The van der Waals surface area contributed by atoms with Crippen molar-refractivity contribution in [3.8, 4) is 16.2 Å². The molecule has 0 aliphatic rings. The van der Waals surface area contributed by atoms with Crippen LogP contribution in [-0.2, 0) is 4.79 Å². The molecule has 0 amide bonds. The van der Waals surface area contributed by atoms with Gasteiger partial charge in [0.1, 0.15) is 5.75 Å². The zero-order valence-corrected chi connectivity index (χ0v) is 12.4. The van der Waals surface area contributed by atoms with Gasteiger partial charge in [-0.2, -0.15) is 4.73 Å². The summed E-state index contributed by atoms with van der Waals surface area (Å²) in [4.78, 5) is 17.1. The predicted octanol–water partition coefficient (Wildman–Crippen LogP) is 3.24. The molecule has 4 nitrogen and oxygen atoms in total. The SMILES string of the molecule is COc1ccc(-c2sc(=S)n(OC(C)=O)c2C)cc1. The number of ether oxygens (including phenoxy) is 1. The average Bonchev–Trinajstić information content (AvgIpc) is 2.66. The summed E-state index contributed by atoms with van der Waals surface area (Å²) in [6.07, 6.45) is 0. The fourth-order valence-corrected chi connectivity index (χ4v) is 3.02. The highest BCUT2D eigenvalue weighted by Crippen LogP contribution is 2.31. The molecule has 0 aliphatic carbocycles. The highest BCUT2D eigenvalue weighted by molar-refractivity contribution is 7.73. The molecule has 2 aromatic rings. The molecule has 1 aromatic heterocycles. The molecule has 0 aliphatic heterocycles. The third kappa shape index (κ3) is 2.85. The van der Waals surface area contributed by atoms with Gasteiger partial charge in [0.15, 0.2) is 3.95 Å². The van der Waals surface area contributed by atoms with E-state index < -0.39 is 5.97 Å². The standard InChI is InChI=1S/C13H13NO3S2/c1-8-12(10-4-6-11(16-3)7-5-10)19-13(18)14(8)17-9(2)15/h4-7H,1-3H3. The van der Waals surface area contributed by atoms with Crippen molar-refractivity contribution >= 4 is 29.5 Å². The maximum absolute atomic E-state index is 11.0. The first-order chi connectivity index (χ1) is 9.02. The van der Waals surface area contributed by atoms with Gasteiger partial charge in [-0.05, 0) is 49.0 Å². The van der Waals surface area contributed by atoms with Crippen molar-refractivity contribution < 1.29 is 14.4 Å². The maximum atomic E-state index is 11.0. The molecule has 0 saturated heterocycles. The van der Waals surface area contributed by atoms with Crippen LogP contribution >= 0.6 is 23.6 Å². The number of carbonyl (C=O) groups is 1. The van der Waals surface area contributed by atoms with Gasteiger partial charge in [0, 0.05) is 6.92 Å². The molecule has 0 N–H and O–H groups in total. The lowest BCUT2D eigenvalue weighted by Gasteiger charge is -2.05. The zero-order chi connectivity index (χ0) is 14.0. The normalized spacial score (nSPS) is 10.3. The van der Waals surface area contributed by atoms with Crippen molar-refractivity contribution in [2.45, 2.75) is 13.8 Å². The number of nitrogens with zero attached hydrogens (tertiary/aromatic N) is 1. The minimum atomic E-state index is -0.390. The van der Waals surface area contributed by atoms with Crippen LogP contribution in [0, 0.1) is 10.9 Å². The Hall–Kier alpha value is -1.66. The van der Waals surface area contributed by atoms with Crippen LogP contribution in [0.4, 0.5) is 0 Å².